The summed E-state index contributed by atoms with van der Waals surface area (Å²) in [7, 11) is 0. The van der Waals surface area contributed by atoms with E-state index in [1.807, 2.05) is 41.3 Å². The van der Waals surface area contributed by atoms with Crippen molar-refractivity contribution < 1.29 is 19.3 Å². The number of benzene rings is 2. The predicted molar refractivity (Wildman–Crippen MR) is 103 cm³/mol. The van der Waals surface area contributed by atoms with Crippen molar-refractivity contribution in [2.24, 2.45) is 11.8 Å². The second kappa shape index (κ2) is 6.10. The van der Waals surface area contributed by atoms with Gasteiger partial charge in [-0.3, -0.25) is 29.8 Å². The van der Waals surface area contributed by atoms with E-state index in [0.717, 1.165) is 11.3 Å². The van der Waals surface area contributed by atoms with Gasteiger partial charge in [0, 0.05) is 23.4 Å². The molecule has 144 valence electrons. The van der Waals surface area contributed by atoms with Gasteiger partial charge in [-0.2, -0.15) is 0 Å². The summed E-state index contributed by atoms with van der Waals surface area (Å²) >= 11 is 0. The highest BCUT2D eigenvalue weighted by Crippen LogP contribution is 2.47. The molecule has 0 bridgehead atoms. The van der Waals surface area contributed by atoms with Gasteiger partial charge < -0.3 is 4.90 Å². The second-order valence-corrected chi connectivity index (χ2v) is 7.34. The molecule has 5 rings (SSSR count). The molecule has 2 aromatic rings. The minimum absolute atomic E-state index is 0.141. The van der Waals surface area contributed by atoms with Crippen molar-refractivity contribution in [1.29, 1.82) is 0 Å². The van der Waals surface area contributed by atoms with E-state index in [2.05, 4.69) is 5.32 Å². The first-order valence-corrected chi connectivity index (χ1v) is 9.16. The molecule has 1 N–H and O–H groups in total. The van der Waals surface area contributed by atoms with Gasteiger partial charge in [0.1, 0.15) is 6.04 Å². The molecule has 0 radical (unpaired) electrons. The van der Waals surface area contributed by atoms with Gasteiger partial charge in [-0.05, 0) is 11.6 Å². The lowest BCUT2D eigenvalue weighted by Gasteiger charge is -2.35. The molecule has 2 aromatic carbocycles. The maximum Gasteiger partial charge on any atom is 0.270 e. The van der Waals surface area contributed by atoms with Gasteiger partial charge in [-0.15, -0.1) is 0 Å². The molecular formula is C21H15N3O5. The number of rotatable bonds is 3. The van der Waals surface area contributed by atoms with Crippen molar-refractivity contribution >= 4 is 35.0 Å². The second-order valence-electron chi connectivity index (χ2n) is 7.34. The number of nitrogens with one attached hydrogen (secondary N) is 1. The Kier molecular flexibility index (Phi) is 3.64. The van der Waals surface area contributed by atoms with Gasteiger partial charge in [-0.1, -0.05) is 42.5 Å². The Hall–Kier alpha value is -3.81. The number of amides is 2. The monoisotopic (exact) mass is 389 g/mol. The molecule has 3 aliphatic heterocycles. The zero-order valence-corrected chi connectivity index (χ0v) is 15.0. The van der Waals surface area contributed by atoms with Crippen molar-refractivity contribution in [2.45, 2.75) is 12.1 Å². The Morgan fingerprint density at radius 2 is 1.79 bits per heavy atom. The Labute approximate surface area is 165 Å². The zero-order valence-electron chi connectivity index (χ0n) is 15.0. The van der Waals surface area contributed by atoms with Crippen LogP contribution in [0.25, 0.3) is 6.08 Å². The topological polar surface area (TPSA) is 110 Å². The van der Waals surface area contributed by atoms with Crippen LogP contribution in [0.15, 0.2) is 54.6 Å². The van der Waals surface area contributed by atoms with Crippen LogP contribution in [0.1, 0.15) is 15.9 Å². The normalized spacial score (nSPS) is 26.6. The van der Waals surface area contributed by atoms with Crippen LogP contribution in [-0.2, 0) is 9.59 Å². The summed E-state index contributed by atoms with van der Waals surface area (Å²) in [6, 6.07) is 11.5. The van der Waals surface area contributed by atoms with Crippen LogP contribution in [0.4, 0.5) is 11.4 Å². The molecule has 0 unspecified atom stereocenters. The number of nitrogens with zero attached hydrogens (tertiary/aromatic N) is 2. The summed E-state index contributed by atoms with van der Waals surface area (Å²) in [4.78, 5) is 51.0. The Morgan fingerprint density at radius 3 is 2.59 bits per heavy atom. The van der Waals surface area contributed by atoms with E-state index in [0.29, 0.717) is 0 Å². The summed E-state index contributed by atoms with van der Waals surface area (Å²) in [6.45, 7) is 0. The lowest BCUT2D eigenvalue weighted by molar-refractivity contribution is -0.384. The first-order valence-electron chi connectivity index (χ1n) is 9.16. The van der Waals surface area contributed by atoms with Crippen molar-refractivity contribution in [3.05, 3.63) is 75.8 Å². The van der Waals surface area contributed by atoms with Crippen LogP contribution in [0.5, 0.6) is 0 Å². The van der Waals surface area contributed by atoms with Crippen LogP contribution in [0.2, 0.25) is 0 Å². The van der Waals surface area contributed by atoms with E-state index in [1.54, 1.807) is 0 Å². The third-order valence-corrected chi connectivity index (χ3v) is 5.87. The molecular weight excluding hydrogens is 374 g/mol. The van der Waals surface area contributed by atoms with Crippen LogP contribution >= 0.6 is 0 Å². The molecule has 2 fully saturated rings. The zero-order chi connectivity index (χ0) is 20.3. The molecule has 2 saturated heterocycles. The van der Waals surface area contributed by atoms with Crippen LogP contribution in [-0.4, -0.2) is 34.6 Å². The van der Waals surface area contributed by atoms with E-state index in [-0.39, 0.29) is 11.3 Å². The number of carbonyl (C=O) groups is 3. The van der Waals surface area contributed by atoms with Crippen molar-refractivity contribution in [3.63, 3.8) is 0 Å². The minimum Gasteiger partial charge on any atom is -0.352 e. The number of hydrogen-bond donors (Lipinski definition) is 1. The van der Waals surface area contributed by atoms with Crippen LogP contribution < -0.4 is 10.2 Å². The number of carbonyl (C=O) groups excluding carboxylic acids is 3. The number of hydrogen-bond acceptors (Lipinski definition) is 6. The average molecular weight is 389 g/mol. The molecule has 0 spiro atoms. The highest BCUT2D eigenvalue weighted by molar-refractivity contribution is 6.14. The molecule has 8 heteroatoms. The SMILES string of the molecule is O=C1NC(=O)[C@H]2[C@H]1[C@@H](C(=O)c1cccc([N+](=O)[O-])c1)N1c3ccccc3C=C[C@@H]21. The molecule has 3 aliphatic rings. The van der Waals surface area contributed by atoms with Crippen molar-refractivity contribution in [1.82, 2.24) is 5.32 Å². The molecule has 0 saturated carbocycles. The molecule has 8 nitrogen and oxygen atoms in total. The Bertz CT molecular complexity index is 1120. The van der Waals surface area contributed by atoms with Gasteiger partial charge in [-0.25, -0.2) is 0 Å². The minimum atomic E-state index is -0.926. The fraction of sp³-hybridized carbons (Fsp3) is 0.190. The van der Waals surface area contributed by atoms with Crippen LogP contribution in [0.3, 0.4) is 0 Å². The number of anilines is 1. The van der Waals surface area contributed by atoms with Crippen LogP contribution in [0, 0.1) is 22.0 Å². The Morgan fingerprint density at radius 1 is 1.03 bits per heavy atom. The number of Topliss-reactive ketones (excluding diaryl/α,β-unsaturated/α-hetero) is 1. The number of ketones is 1. The maximum absolute atomic E-state index is 13.5. The van der Waals surface area contributed by atoms with Crippen molar-refractivity contribution in [2.75, 3.05) is 4.90 Å². The fourth-order valence-electron chi connectivity index (χ4n) is 4.67. The Balaban J connectivity index is 1.65. The molecule has 0 aliphatic carbocycles. The summed E-state index contributed by atoms with van der Waals surface area (Å²) in [5.74, 6) is -2.83. The lowest BCUT2D eigenvalue weighted by atomic mass is 9.86. The standard InChI is InChI=1S/C21H15N3O5/c25-19(12-5-3-6-13(10-12)24(28)29)18-17-16(20(26)22-21(17)27)15-9-8-11-4-1-2-7-14(11)23(15)18/h1-10,15-18H,(H,22,26,27)/t15-,16+,17-,18-/m0/s1. The molecule has 4 atom stereocenters. The molecule has 29 heavy (non-hydrogen) atoms. The number of fused-ring (bicyclic) bond motifs is 5. The number of nitro groups is 1. The highest BCUT2D eigenvalue weighted by Gasteiger charge is 2.61. The van der Waals surface area contributed by atoms with Gasteiger partial charge in [0.05, 0.1) is 22.8 Å². The van der Waals surface area contributed by atoms with E-state index in [9.17, 15) is 24.5 Å². The number of non-ortho nitro benzene ring substituents is 1. The summed E-state index contributed by atoms with van der Waals surface area (Å²) in [5.41, 5.74) is 1.59. The molecule has 0 aromatic heterocycles. The quantitative estimate of drug-likeness (QED) is 0.372. The lowest BCUT2D eigenvalue weighted by Crippen LogP contribution is -2.47. The summed E-state index contributed by atoms with van der Waals surface area (Å²) < 4.78 is 0. The fourth-order valence-corrected chi connectivity index (χ4v) is 4.67. The third-order valence-electron chi connectivity index (χ3n) is 5.87. The summed E-state index contributed by atoms with van der Waals surface area (Å²) in [5, 5.41) is 13.5. The van der Waals surface area contributed by atoms with Gasteiger partial charge in [0.2, 0.25) is 11.8 Å². The first kappa shape index (κ1) is 17.3. The van der Waals surface area contributed by atoms with E-state index >= 15 is 0 Å². The number of imide groups is 1. The summed E-state index contributed by atoms with van der Waals surface area (Å²) in [6.07, 6.45) is 3.74. The van der Waals surface area contributed by atoms with Gasteiger partial charge in [0.25, 0.3) is 5.69 Å². The van der Waals surface area contributed by atoms with Gasteiger partial charge in [0.15, 0.2) is 5.78 Å². The average Bonchev–Trinajstić information content (AvgIpc) is 3.23. The number of para-hydroxylation sites is 1. The highest BCUT2D eigenvalue weighted by atomic mass is 16.6. The molecule has 2 amide bonds. The maximum atomic E-state index is 13.5. The predicted octanol–water partition coefficient (Wildman–Crippen LogP) is 1.95. The first-order chi connectivity index (χ1) is 14.0. The largest absolute Gasteiger partial charge is 0.352 e. The van der Waals surface area contributed by atoms with E-state index in [4.69, 9.17) is 0 Å². The third kappa shape index (κ3) is 2.42. The van der Waals surface area contributed by atoms with E-state index in [1.165, 1.54) is 24.3 Å². The van der Waals surface area contributed by atoms with E-state index < -0.39 is 46.4 Å². The number of nitro benzene ring substituents is 1. The van der Waals surface area contributed by atoms with Gasteiger partial charge >= 0.3 is 0 Å². The molecule has 3 heterocycles. The van der Waals surface area contributed by atoms with Crippen molar-refractivity contribution in [3.8, 4) is 0 Å². The smallest absolute Gasteiger partial charge is 0.270 e.